The molecule has 0 unspecified atom stereocenters. The van der Waals surface area contributed by atoms with Gasteiger partial charge in [-0.3, -0.25) is 0 Å². The van der Waals surface area contributed by atoms with Crippen LogP contribution in [0.2, 0.25) is 5.02 Å². The fourth-order valence-corrected chi connectivity index (χ4v) is 2.49. The molecule has 0 fully saturated rings. The van der Waals surface area contributed by atoms with E-state index in [4.69, 9.17) is 25.8 Å². The van der Waals surface area contributed by atoms with Crippen LogP contribution in [0.25, 0.3) is 6.08 Å². The zero-order valence-corrected chi connectivity index (χ0v) is 14.5. The SMILES string of the molecule is COc1ccc(/C=C/C(=O)O[C@@H](C)c2ccccc2Cl)cc1OC. The first kappa shape index (κ1) is 17.9. The standard InChI is InChI=1S/C19H19ClO4/c1-13(15-6-4-5-7-16(15)20)24-19(21)11-9-14-8-10-17(22-2)18(12-14)23-3/h4-13H,1-3H3/b11-9+/t13-/m0/s1. The summed E-state index contributed by atoms with van der Waals surface area (Å²) < 4.78 is 15.8. The van der Waals surface area contributed by atoms with E-state index in [0.29, 0.717) is 16.5 Å². The van der Waals surface area contributed by atoms with E-state index in [-0.39, 0.29) is 0 Å². The van der Waals surface area contributed by atoms with Crippen LogP contribution in [0.5, 0.6) is 11.5 Å². The zero-order valence-electron chi connectivity index (χ0n) is 13.8. The second-order valence-electron chi connectivity index (χ2n) is 5.05. The van der Waals surface area contributed by atoms with E-state index >= 15 is 0 Å². The molecule has 0 amide bonds. The molecule has 0 heterocycles. The molecular formula is C19H19ClO4. The second kappa shape index (κ2) is 8.41. The zero-order chi connectivity index (χ0) is 17.5. The van der Waals surface area contributed by atoms with Gasteiger partial charge in [-0.2, -0.15) is 0 Å². The molecule has 24 heavy (non-hydrogen) atoms. The van der Waals surface area contributed by atoms with Gasteiger partial charge in [0.15, 0.2) is 11.5 Å². The predicted octanol–water partition coefficient (Wildman–Crippen LogP) is 4.67. The highest BCUT2D eigenvalue weighted by Crippen LogP contribution is 2.28. The molecular weight excluding hydrogens is 328 g/mol. The molecule has 2 rings (SSSR count). The van der Waals surface area contributed by atoms with Crippen molar-refractivity contribution in [3.8, 4) is 11.5 Å². The Morgan fingerprint density at radius 1 is 1.08 bits per heavy atom. The lowest BCUT2D eigenvalue weighted by atomic mass is 10.1. The average molecular weight is 347 g/mol. The molecule has 0 aliphatic heterocycles. The van der Waals surface area contributed by atoms with Crippen LogP contribution in [-0.2, 0) is 9.53 Å². The number of ether oxygens (including phenoxy) is 3. The summed E-state index contributed by atoms with van der Waals surface area (Å²) in [6.07, 6.45) is 2.60. The van der Waals surface area contributed by atoms with Crippen LogP contribution in [0.3, 0.4) is 0 Å². The Hall–Kier alpha value is -2.46. The van der Waals surface area contributed by atoms with Crippen molar-refractivity contribution >= 4 is 23.6 Å². The predicted molar refractivity (Wildman–Crippen MR) is 94.5 cm³/mol. The molecule has 0 N–H and O–H groups in total. The van der Waals surface area contributed by atoms with Gasteiger partial charge >= 0.3 is 5.97 Å². The molecule has 4 nitrogen and oxygen atoms in total. The Balaban J connectivity index is 2.04. The first-order valence-corrected chi connectivity index (χ1v) is 7.78. The maximum Gasteiger partial charge on any atom is 0.331 e. The van der Waals surface area contributed by atoms with Gasteiger partial charge in [0.05, 0.1) is 14.2 Å². The summed E-state index contributed by atoms with van der Waals surface area (Å²) in [5.74, 6) is 0.777. The first-order chi connectivity index (χ1) is 11.5. The lowest BCUT2D eigenvalue weighted by Crippen LogP contribution is -2.06. The van der Waals surface area contributed by atoms with Crippen molar-refractivity contribution in [2.45, 2.75) is 13.0 Å². The smallest absolute Gasteiger partial charge is 0.331 e. The topological polar surface area (TPSA) is 44.8 Å². The van der Waals surface area contributed by atoms with Crippen molar-refractivity contribution in [3.63, 3.8) is 0 Å². The summed E-state index contributed by atoms with van der Waals surface area (Å²) in [5, 5.41) is 0.571. The van der Waals surface area contributed by atoms with Gasteiger partial charge in [0.1, 0.15) is 6.10 Å². The number of carbonyl (C=O) groups is 1. The van der Waals surface area contributed by atoms with Crippen LogP contribution in [0.1, 0.15) is 24.2 Å². The van der Waals surface area contributed by atoms with E-state index in [1.807, 2.05) is 24.3 Å². The Labute approximate surface area is 146 Å². The maximum absolute atomic E-state index is 12.0. The number of rotatable bonds is 6. The number of hydrogen-bond donors (Lipinski definition) is 0. The van der Waals surface area contributed by atoms with E-state index in [0.717, 1.165) is 11.1 Å². The largest absolute Gasteiger partial charge is 0.493 e. The van der Waals surface area contributed by atoms with E-state index in [1.54, 1.807) is 45.4 Å². The third kappa shape index (κ3) is 4.52. The third-order valence-corrected chi connectivity index (χ3v) is 3.80. The van der Waals surface area contributed by atoms with Gasteiger partial charge in [0.2, 0.25) is 0 Å². The minimum Gasteiger partial charge on any atom is -0.493 e. The van der Waals surface area contributed by atoms with Crippen molar-refractivity contribution in [2.24, 2.45) is 0 Å². The van der Waals surface area contributed by atoms with Crippen LogP contribution >= 0.6 is 11.6 Å². The van der Waals surface area contributed by atoms with Crippen molar-refractivity contribution in [3.05, 3.63) is 64.7 Å². The molecule has 1 atom stereocenters. The molecule has 5 heteroatoms. The molecule has 0 aromatic heterocycles. The van der Waals surface area contributed by atoms with Crippen molar-refractivity contribution in [1.82, 2.24) is 0 Å². The number of benzene rings is 2. The number of carbonyl (C=O) groups excluding carboxylic acids is 1. The summed E-state index contributed by atoms with van der Waals surface area (Å²) in [5.41, 5.74) is 1.57. The average Bonchev–Trinajstić information content (AvgIpc) is 2.59. The van der Waals surface area contributed by atoms with Crippen molar-refractivity contribution in [1.29, 1.82) is 0 Å². The van der Waals surface area contributed by atoms with E-state index in [2.05, 4.69) is 0 Å². The molecule has 0 bridgehead atoms. The third-order valence-electron chi connectivity index (χ3n) is 3.46. The normalized spacial score (nSPS) is 12.0. The number of methoxy groups -OCH3 is 2. The van der Waals surface area contributed by atoms with Crippen LogP contribution in [0, 0.1) is 0 Å². The summed E-state index contributed by atoms with van der Waals surface area (Å²) in [7, 11) is 3.13. The number of esters is 1. The second-order valence-corrected chi connectivity index (χ2v) is 5.46. The van der Waals surface area contributed by atoms with Gasteiger partial charge in [-0.15, -0.1) is 0 Å². The van der Waals surface area contributed by atoms with Crippen LogP contribution in [-0.4, -0.2) is 20.2 Å². The van der Waals surface area contributed by atoms with E-state index in [9.17, 15) is 4.79 Å². The fourth-order valence-electron chi connectivity index (χ4n) is 2.20. The van der Waals surface area contributed by atoms with Gasteiger partial charge in [0, 0.05) is 16.7 Å². The van der Waals surface area contributed by atoms with Crippen molar-refractivity contribution in [2.75, 3.05) is 14.2 Å². The minimum atomic E-state index is -0.447. The number of halogens is 1. The molecule has 0 aliphatic carbocycles. The van der Waals surface area contributed by atoms with Gasteiger partial charge in [-0.1, -0.05) is 35.9 Å². The highest BCUT2D eigenvalue weighted by atomic mass is 35.5. The fraction of sp³-hybridized carbons (Fsp3) is 0.211. The van der Waals surface area contributed by atoms with Gasteiger partial charge < -0.3 is 14.2 Å². The van der Waals surface area contributed by atoms with Gasteiger partial charge in [-0.05, 0) is 36.8 Å². The Morgan fingerprint density at radius 2 is 1.79 bits per heavy atom. The lowest BCUT2D eigenvalue weighted by Gasteiger charge is -2.13. The minimum absolute atomic E-state index is 0.429. The molecule has 2 aromatic rings. The van der Waals surface area contributed by atoms with Gasteiger partial charge in [-0.25, -0.2) is 4.79 Å². The van der Waals surface area contributed by atoms with Crippen molar-refractivity contribution < 1.29 is 19.0 Å². The van der Waals surface area contributed by atoms with Gasteiger partial charge in [0.25, 0.3) is 0 Å². The highest BCUT2D eigenvalue weighted by Gasteiger charge is 2.12. The monoisotopic (exact) mass is 346 g/mol. The highest BCUT2D eigenvalue weighted by molar-refractivity contribution is 6.31. The molecule has 0 aliphatic rings. The van der Waals surface area contributed by atoms with Crippen LogP contribution in [0.4, 0.5) is 0 Å². The summed E-state index contributed by atoms with van der Waals surface area (Å²) >= 11 is 6.10. The molecule has 0 radical (unpaired) electrons. The Morgan fingerprint density at radius 3 is 2.46 bits per heavy atom. The molecule has 0 saturated heterocycles. The van der Waals surface area contributed by atoms with E-state index in [1.165, 1.54) is 6.08 Å². The first-order valence-electron chi connectivity index (χ1n) is 7.40. The molecule has 126 valence electrons. The number of hydrogen-bond acceptors (Lipinski definition) is 4. The Kier molecular flexibility index (Phi) is 6.27. The Bertz CT molecular complexity index is 740. The quantitative estimate of drug-likeness (QED) is 0.563. The summed E-state index contributed by atoms with van der Waals surface area (Å²) in [4.78, 5) is 12.0. The summed E-state index contributed by atoms with van der Waals surface area (Å²) in [6, 6.07) is 12.7. The van der Waals surface area contributed by atoms with Crippen LogP contribution < -0.4 is 9.47 Å². The lowest BCUT2D eigenvalue weighted by molar-refractivity contribution is -0.142. The summed E-state index contributed by atoms with van der Waals surface area (Å²) in [6.45, 7) is 1.78. The maximum atomic E-state index is 12.0. The molecule has 0 spiro atoms. The molecule has 2 aromatic carbocycles. The van der Waals surface area contributed by atoms with Crippen LogP contribution in [0.15, 0.2) is 48.5 Å². The van der Waals surface area contributed by atoms with E-state index < -0.39 is 12.1 Å². The molecule has 0 saturated carbocycles.